The molecule has 8 heteroatoms. The van der Waals surface area contributed by atoms with E-state index in [1.807, 2.05) is 24.3 Å². The van der Waals surface area contributed by atoms with Gasteiger partial charge in [-0.25, -0.2) is 0 Å². The molecule has 0 aromatic heterocycles. The fourth-order valence-corrected chi connectivity index (χ4v) is 5.93. The number of hydrogen-bond acceptors (Lipinski definition) is 6. The summed E-state index contributed by atoms with van der Waals surface area (Å²) in [4.78, 5) is 0.963. The molecule has 0 radical (unpaired) electrons. The predicted molar refractivity (Wildman–Crippen MR) is 149 cm³/mol. The van der Waals surface area contributed by atoms with E-state index in [0.29, 0.717) is 39.3 Å². The van der Waals surface area contributed by atoms with Crippen LogP contribution in [-0.4, -0.2) is 29.8 Å². The SMILES string of the molecule is CCCCOc1ccc(Sc2ccc(-c3ccccc3C(O)c3cccc(CO)c3)cc2S(=O)(=O)O)cc1. The number of aliphatic hydroxyl groups excluding tert-OH is 2. The van der Waals surface area contributed by atoms with E-state index < -0.39 is 16.2 Å². The molecule has 1 unspecified atom stereocenters. The van der Waals surface area contributed by atoms with Gasteiger partial charge in [-0.15, -0.1) is 0 Å². The zero-order chi connectivity index (χ0) is 27.1. The smallest absolute Gasteiger partial charge is 0.295 e. The maximum atomic E-state index is 12.4. The van der Waals surface area contributed by atoms with E-state index in [4.69, 9.17) is 4.74 Å². The second-order valence-corrected chi connectivity index (χ2v) is 11.3. The molecule has 3 N–H and O–H groups in total. The molecule has 0 saturated carbocycles. The summed E-state index contributed by atoms with van der Waals surface area (Å²) in [5.74, 6) is 0.743. The first-order valence-electron chi connectivity index (χ1n) is 12.3. The van der Waals surface area contributed by atoms with Crippen molar-refractivity contribution in [1.29, 1.82) is 0 Å². The highest BCUT2D eigenvalue weighted by molar-refractivity contribution is 8.00. The quantitative estimate of drug-likeness (QED) is 0.145. The van der Waals surface area contributed by atoms with E-state index >= 15 is 0 Å². The van der Waals surface area contributed by atoms with Gasteiger partial charge in [0, 0.05) is 9.79 Å². The summed E-state index contributed by atoms with van der Waals surface area (Å²) >= 11 is 1.23. The van der Waals surface area contributed by atoms with E-state index in [9.17, 15) is 23.2 Å². The van der Waals surface area contributed by atoms with Crippen LogP contribution in [-0.2, 0) is 16.7 Å². The van der Waals surface area contributed by atoms with Gasteiger partial charge in [-0.3, -0.25) is 4.55 Å². The third-order valence-corrected chi connectivity index (χ3v) is 8.16. The predicted octanol–water partition coefficient (Wildman–Crippen LogP) is 6.50. The lowest BCUT2D eigenvalue weighted by Crippen LogP contribution is -2.04. The standard InChI is InChI=1S/C30H30O6S2/c1-2-3-17-36-24-12-14-25(15-13-24)37-28-16-11-22(19-29(28)38(33,34)35)26-9-4-5-10-27(26)30(32)23-8-6-7-21(18-23)20-31/h4-16,18-19,30-32H,2-3,17,20H2,1H3,(H,33,34,35). The van der Waals surface area contributed by atoms with Gasteiger partial charge in [0.2, 0.25) is 0 Å². The number of hydrogen-bond donors (Lipinski definition) is 3. The van der Waals surface area contributed by atoms with E-state index in [0.717, 1.165) is 23.5 Å². The lowest BCUT2D eigenvalue weighted by Gasteiger charge is -2.18. The zero-order valence-corrected chi connectivity index (χ0v) is 22.6. The van der Waals surface area contributed by atoms with E-state index in [2.05, 4.69) is 6.92 Å². The highest BCUT2D eigenvalue weighted by Gasteiger charge is 2.21. The Labute approximate surface area is 227 Å². The number of benzene rings is 4. The van der Waals surface area contributed by atoms with E-state index in [1.165, 1.54) is 17.8 Å². The van der Waals surface area contributed by atoms with Gasteiger partial charge < -0.3 is 14.9 Å². The summed E-state index contributed by atoms with van der Waals surface area (Å²) in [5, 5.41) is 20.6. The van der Waals surface area contributed by atoms with Crippen molar-refractivity contribution in [1.82, 2.24) is 0 Å². The second-order valence-electron chi connectivity index (χ2n) is 8.80. The molecular weight excluding hydrogens is 520 g/mol. The Morgan fingerprint density at radius 1 is 0.921 bits per heavy atom. The maximum Gasteiger partial charge on any atom is 0.295 e. The molecule has 0 bridgehead atoms. The van der Waals surface area contributed by atoms with Crippen molar-refractivity contribution in [3.63, 3.8) is 0 Å². The van der Waals surface area contributed by atoms with Crippen molar-refractivity contribution in [3.8, 4) is 16.9 Å². The molecule has 0 amide bonds. The van der Waals surface area contributed by atoms with Crippen LogP contribution in [0, 0.1) is 0 Å². The molecule has 38 heavy (non-hydrogen) atoms. The average molecular weight is 551 g/mol. The fourth-order valence-electron chi connectivity index (χ4n) is 4.07. The molecule has 4 rings (SSSR count). The summed E-state index contributed by atoms with van der Waals surface area (Å²) in [5.41, 5.74) is 3.02. The minimum Gasteiger partial charge on any atom is -0.494 e. The summed E-state index contributed by atoms with van der Waals surface area (Å²) in [6, 6.07) is 26.4. The van der Waals surface area contributed by atoms with Crippen molar-refractivity contribution in [2.45, 2.75) is 47.2 Å². The number of unbranched alkanes of at least 4 members (excludes halogenated alkanes) is 1. The lowest BCUT2D eigenvalue weighted by atomic mass is 9.92. The summed E-state index contributed by atoms with van der Waals surface area (Å²) in [6.07, 6.45) is 1.01. The Balaban J connectivity index is 1.66. The number of rotatable bonds is 11. The Bertz CT molecular complexity index is 1480. The molecule has 0 aliphatic rings. The van der Waals surface area contributed by atoms with Crippen LogP contribution in [0.25, 0.3) is 11.1 Å². The average Bonchev–Trinajstić information content (AvgIpc) is 2.93. The topological polar surface area (TPSA) is 104 Å². The highest BCUT2D eigenvalue weighted by Crippen LogP contribution is 2.38. The first-order valence-corrected chi connectivity index (χ1v) is 14.5. The van der Waals surface area contributed by atoms with Crippen molar-refractivity contribution >= 4 is 21.9 Å². The zero-order valence-electron chi connectivity index (χ0n) is 20.9. The van der Waals surface area contributed by atoms with Gasteiger partial charge in [0.05, 0.1) is 13.2 Å². The molecule has 1 atom stereocenters. The first-order chi connectivity index (χ1) is 18.3. The van der Waals surface area contributed by atoms with Crippen molar-refractivity contribution in [2.75, 3.05) is 6.61 Å². The third kappa shape index (κ3) is 6.83. The monoisotopic (exact) mass is 550 g/mol. The Hall–Kier alpha value is -3.14. The van der Waals surface area contributed by atoms with Crippen LogP contribution in [0.3, 0.4) is 0 Å². The Morgan fingerprint density at radius 2 is 1.68 bits per heavy atom. The molecule has 0 spiro atoms. The molecule has 0 heterocycles. The van der Waals surface area contributed by atoms with Crippen LogP contribution in [0.5, 0.6) is 5.75 Å². The van der Waals surface area contributed by atoms with Gasteiger partial charge in [-0.05, 0) is 70.6 Å². The van der Waals surface area contributed by atoms with Gasteiger partial charge in [0.1, 0.15) is 16.7 Å². The van der Waals surface area contributed by atoms with Crippen molar-refractivity contribution in [3.05, 3.63) is 108 Å². The van der Waals surface area contributed by atoms with Gasteiger partial charge >= 0.3 is 0 Å². The Kier molecular flexibility index (Phi) is 9.25. The maximum absolute atomic E-state index is 12.4. The van der Waals surface area contributed by atoms with Crippen LogP contribution >= 0.6 is 11.8 Å². The Morgan fingerprint density at radius 3 is 2.39 bits per heavy atom. The van der Waals surface area contributed by atoms with Crippen molar-refractivity contribution in [2.24, 2.45) is 0 Å². The number of aliphatic hydroxyl groups is 2. The summed E-state index contributed by atoms with van der Waals surface area (Å²) < 4.78 is 40.5. The molecule has 198 valence electrons. The molecular formula is C30H30O6S2. The first kappa shape index (κ1) is 27.9. The van der Waals surface area contributed by atoms with Gasteiger partial charge in [0.15, 0.2) is 0 Å². The van der Waals surface area contributed by atoms with Crippen molar-refractivity contribution < 1.29 is 27.9 Å². The van der Waals surface area contributed by atoms with Gasteiger partial charge in [-0.2, -0.15) is 8.42 Å². The molecule has 0 saturated heterocycles. The van der Waals surface area contributed by atoms with Gasteiger partial charge in [0.25, 0.3) is 10.1 Å². The summed E-state index contributed by atoms with van der Waals surface area (Å²) in [7, 11) is -4.54. The van der Waals surface area contributed by atoms with Crippen LogP contribution in [0.1, 0.15) is 42.6 Å². The molecule has 0 aliphatic heterocycles. The highest BCUT2D eigenvalue weighted by atomic mass is 32.2. The summed E-state index contributed by atoms with van der Waals surface area (Å²) in [6.45, 7) is 2.59. The molecule has 0 fully saturated rings. The minimum absolute atomic E-state index is 0.145. The third-order valence-electron chi connectivity index (χ3n) is 6.06. The van der Waals surface area contributed by atoms with Crippen LogP contribution < -0.4 is 4.74 Å². The van der Waals surface area contributed by atoms with Gasteiger partial charge in [-0.1, -0.05) is 79.7 Å². The van der Waals surface area contributed by atoms with Crippen LogP contribution in [0.2, 0.25) is 0 Å². The normalized spacial score (nSPS) is 12.3. The largest absolute Gasteiger partial charge is 0.494 e. The molecule has 0 aliphatic carbocycles. The minimum atomic E-state index is -4.54. The lowest BCUT2D eigenvalue weighted by molar-refractivity contribution is 0.220. The molecule has 6 nitrogen and oxygen atoms in total. The van der Waals surface area contributed by atoms with Crippen LogP contribution in [0.4, 0.5) is 0 Å². The second kappa shape index (κ2) is 12.6. The molecule has 4 aromatic rings. The van der Waals surface area contributed by atoms with E-state index in [-0.39, 0.29) is 11.5 Å². The number of ether oxygens (including phenoxy) is 1. The van der Waals surface area contributed by atoms with E-state index in [1.54, 1.807) is 60.7 Å². The van der Waals surface area contributed by atoms with Crippen LogP contribution in [0.15, 0.2) is 106 Å². The molecule has 4 aromatic carbocycles. The fraction of sp³-hybridized carbons (Fsp3) is 0.200.